The maximum Gasteiger partial charge on any atom is 0.155 e. The Labute approximate surface area is 193 Å². The van der Waals surface area contributed by atoms with Crippen molar-refractivity contribution in [1.29, 1.82) is 5.26 Å². The highest BCUT2D eigenvalue weighted by Crippen LogP contribution is 2.44. The molecule has 6 nitrogen and oxygen atoms in total. The summed E-state index contributed by atoms with van der Waals surface area (Å²) in [6.45, 7) is 4.07. The molecule has 1 fully saturated rings. The predicted molar refractivity (Wildman–Crippen MR) is 128 cm³/mol. The third-order valence-electron chi connectivity index (χ3n) is 7.43. The minimum Gasteiger partial charge on any atom is -0.355 e. The lowest BCUT2D eigenvalue weighted by Crippen LogP contribution is -2.41. The number of benzene rings is 1. The maximum atomic E-state index is 8.95. The highest BCUT2D eigenvalue weighted by atomic mass is 15.3. The second kappa shape index (κ2) is 7.70. The molecule has 0 bridgehead atoms. The van der Waals surface area contributed by atoms with Gasteiger partial charge in [-0.15, -0.1) is 0 Å². The normalized spacial score (nSPS) is 16.8. The van der Waals surface area contributed by atoms with Crippen LogP contribution in [0.25, 0.3) is 16.8 Å². The van der Waals surface area contributed by atoms with Crippen molar-refractivity contribution in [3.63, 3.8) is 0 Å². The zero-order chi connectivity index (χ0) is 22.4. The molecule has 3 aromatic heterocycles. The molecule has 0 unspecified atom stereocenters. The van der Waals surface area contributed by atoms with Crippen LogP contribution >= 0.6 is 0 Å². The van der Waals surface area contributed by atoms with Crippen molar-refractivity contribution in [2.45, 2.75) is 39.0 Å². The molecule has 6 heteroatoms. The molecule has 1 saturated heterocycles. The number of pyridine rings is 1. The van der Waals surface area contributed by atoms with Crippen LogP contribution in [0.3, 0.4) is 0 Å². The topological polar surface area (TPSA) is 70.1 Å². The fourth-order valence-corrected chi connectivity index (χ4v) is 5.67. The summed E-state index contributed by atoms with van der Waals surface area (Å²) in [5.41, 5.74) is 8.18. The first-order chi connectivity index (χ1) is 16.2. The first-order valence-corrected chi connectivity index (χ1v) is 11.6. The monoisotopic (exact) mass is 434 g/mol. The Morgan fingerprint density at radius 1 is 1.03 bits per heavy atom. The molecular formula is C27H26N6. The van der Waals surface area contributed by atoms with E-state index in [-0.39, 0.29) is 0 Å². The lowest BCUT2D eigenvalue weighted by molar-refractivity contribution is 0.231. The standard InChI is InChI=1S/C27H26N6/c1-19-25(21-6-4-20(5-7-21)8-12-28)33-24(9-14-30-33)26(31-19)32-15-10-27(11-16-32)17-22-3-2-13-29-23(22)18-27/h2-7,9,13-14H,8,10-11,15-18H2,1H3. The van der Waals surface area contributed by atoms with Gasteiger partial charge in [0.05, 0.1) is 30.1 Å². The smallest absolute Gasteiger partial charge is 0.155 e. The van der Waals surface area contributed by atoms with Crippen LogP contribution in [0, 0.1) is 23.7 Å². The molecule has 4 heterocycles. The van der Waals surface area contributed by atoms with Gasteiger partial charge in [0.1, 0.15) is 5.52 Å². The lowest BCUT2D eigenvalue weighted by atomic mass is 9.76. The van der Waals surface area contributed by atoms with E-state index in [2.05, 4.69) is 58.3 Å². The van der Waals surface area contributed by atoms with E-state index in [0.29, 0.717) is 11.8 Å². The Morgan fingerprint density at radius 2 is 1.85 bits per heavy atom. The van der Waals surface area contributed by atoms with Crippen LogP contribution in [-0.4, -0.2) is 32.7 Å². The number of nitriles is 1. The van der Waals surface area contributed by atoms with E-state index in [0.717, 1.165) is 72.6 Å². The van der Waals surface area contributed by atoms with Gasteiger partial charge in [-0.05, 0) is 61.3 Å². The van der Waals surface area contributed by atoms with Crippen LogP contribution in [-0.2, 0) is 19.3 Å². The first-order valence-electron chi connectivity index (χ1n) is 11.6. The van der Waals surface area contributed by atoms with E-state index in [1.165, 1.54) is 11.3 Å². The molecule has 164 valence electrons. The summed E-state index contributed by atoms with van der Waals surface area (Å²) in [4.78, 5) is 12.2. The van der Waals surface area contributed by atoms with Crippen LogP contribution < -0.4 is 4.90 Å². The molecule has 6 rings (SSSR count). The molecule has 0 radical (unpaired) electrons. The summed E-state index contributed by atoms with van der Waals surface area (Å²) in [5.74, 6) is 1.03. The number of nitrogens with zero attached hydrogens (tertiary/aromatic N) is 6. The van der Waals surface area contributed by atoms with Gasteiger partial charge in [-0.2, -0.15) is 10.4 Å². The van der Waals surface area contributed by atoms with E-state index in [1.54, 1.807) is 0 Å². The van der Waals surface area contributed by atoms with Crippen molar-refractivity contribution >= 4 is 11.3 Å². The number of hydrogen-bond acceptors (Lipinski definition) is 5. The number of piperidine rings is 1. The summed E-state index contributed by atoms with van der Waals surface area (Å²) >= 11 is 0. The fraction of sp³-hybridized carbons (Fsp3) is 0.333. The average molecular weight is 435 g/mol. The summed E-state index contributed by atoms with van der Waals surface area (Å²) in [7, 11) is 0. The van der Waals surface area contributed by atoms with Gasteiger partial charge >= 0.3 is 0 Å². The quantitative estimate of drug-likeness (QED) is 0.473. The van der Waals surface area contributed by atoms with Gasteiger partial charge in [-0.1, -0.05) is 30.3 Å². The second-order valence-electron chi connectivity index (χ2n) is 9.48. The lowest BCUT2D eigenvalue weighted by Gasteiger charge is -2.40. The molecule has 33 heavy (non-hydrogen) atoms. The van der Waals surface area contributed by atoms with Gasteiger partial charge in [0.25, 0.3) is 0 Å². The van der Waals surface area contributed by atoms with Gasteiger partial charge in [0.2, 0.25) is 0 Å². The van der Waals surface area contributed by atoms with Crippen molar-refractivity contribution in [2.24, 2.45) is 5.41 Å². The fourth-order valence-electron chi connectivity index (χ4n) is 5.67. The number of fused-ring (bicyclic) bond motifs is 2. The van der Waals surface area contributed by atoms with Crippen molar-refractivity contribution in [3.05, 3.63) is 77.4 Å². The summed E-state index contributed by atoms with van der Waals surface area (Å²) < 4.78 is 2.02. The number of rotatable bonds is 3. The SMILES string of the molecule is Cc1nc(N2CCC3(CC2)Cc2cccnc2C3)c2ccnn2c1-c1ccc(CC#N)cc1. The Hall–Kier alpha value is -3.72. The van der Waals surface area contributed by atoms with E-state index in [9.17, 15) is 0 Å². The Bertz CT molecular complexity index is 1340. The third kappa shape index (κ3) is 3.36. The zero-order valence-electron chi connectivity index (χ0n) is 18.8. The van der Waals surface area contributed by atoms with Gasteiger partial charge in [0, 0.05) is 30.5 Å². The minimum absolute atomic E-state index is 0.351. The average Bonchev–Trinajstić information content (AvgIpc) is 3.45. The third-order valence-corrected chi connectivity index (χ3v) is 7.43. The predicted octanol–water partition coefficient (Wildman–Crippen LogP) is 4.55. The molecule has 0 atom stereocenters. The first kappa shape index (κ1) is 19.9. The van der Waals surface area contributed by atoms with Crippen molar-refractivity contribution in [2.75, 3.05) is 18.0 Å². The molecule has 0 amide bonds. The van der Waals surface area contributed by atoms with Gasteiger partial charge in [0.15, 0.2) is 5.82 Å². The number of anilines is 1. The van der Waals surface area contributed by atoms with Crippen molar-refractivity contribution < 1.29 is 0 Å². The van der Waals surface area contributed by atoms with Crippen LogP contribution in [0.5, 0.6) is 0 Å². The summed E-state index contributed by atoms with van der Waals surface area (Å²) in [5, 5.41) is 13.6. The van der Waals surface area contributed by atoms with Gasteiger partial charge in [-0.25, -0.2) is 9.50 Å². The second-order valence-corrected chi connectivity index (χ2v) is 9.48. The van der Waals surface area contributed by atoms with Gasteiger partial charge < -0.3 is 4.90 Å². The Morgan fingerprint density at radius 3 is 2.61 bits per heavy atom. The molecule has 4 aromatic rings. The van der Waals surface area contributed by atoms with Crippen LogP contribution in [0.2, 0.25) is 0 Å². The molecule has 1 aromatic carbocycles. The summed E-state index contributed by atoms with van der Waals surface area (Å²) in [6, 6.07) is 16.7. The van der Waals surface area contributed by atoms with Crippen LogP contribution in [0.4, 0.5) is 5.82 Å². The molecule has 1 aliphatic carbocycles. The molecule has 1 aliphatic heterocycles. The largest absolute Gasteiger partial charge is 0.355 e. The van der Waals surface area contributed by atoms with Crippen molar-refractivity contribution in [1.82, 2.24) is 19.6 Å². The van der Waals surface area contributed by atoms with E-state index < -0.39 is 0 Å². The Kier molecular flexibility index (Phi) is 4.65. The van der Waals surface area contributed by atoms with Gasteiger partial charge in [-0.3, -0.25) is 4.98 Å². The highest BCUT2D eigenvalue weighted by molar-refractivity contribution is 5.75. The maximum absolute atomic E-state index is 8.95. The van der Waals surface area contributed by atoms with Crippen molar-refractivity contribution in [3.8, 4) is 17.3 Å². The zero-order valence-corrected chi connectivity index (χ0v) is 18.8. The highest BCUT2D eigenvalue weighted by Gasteiger charge is 2.41. The minimum atomic E-state index is 0.351. The van der Waals surface area contributed by atoms with E-state index in [1.807, 2.05) is 29.0 Å². The molecule has 1 spiro atoms. The van der Waals surface area contributed by atoms with E-state index in [4.69, 9.17) is 10.2 Å². The summed E-state index contributed by atoms with van der Waals surface area (Å²) in [6.07, 6.45) is 8.78. The number of aryl methyl sites for hydroxylation is 1. The van der Waals surface area contributed by atoms with Crippen LogP contribution in [0.15, 0.2) is 54.9 Å². The molecular weight excluding hydrogens is 408 g/mol. The molecule has 0 N–H and O–H groups in total. The van der Waals surface area contributed by atoms with E-state index >= 15 is 0 Å². The Balaban J connectivity index is 1.29. The molecule has 2 aliphatic rings. The number of hydrogen-bond donors (Lipinski definition) is 0. The van der Waals surface area contributed by atoms with Crippen LogP contribution in [0.1, 0.15) is 35.4 Å². The molecule has 0 saturated carbocycles. The number of aromatic nitrogens is 4.